The van der Waals surface area contributed by atoms with Crippen LogP contribution in [0.1, 0.15) is 47.3 Å². The Morgan fingerprint density at radius 1 is 1.21 bits per heavy atom. The molecule has 1 aliphatic carbocycles. The molecule has 1 saturated heterocycles. The Bertz CT molecular complexity index is 923. The number of anilines is 2. The number of thioether (sulfide) groups is 1. The number of amides is 1. The zero-order valence-electron chi connectivity index (χ0n) is 17.2. The summed E-state index contributed by atoms with van der Waals surface area (Å²) >= 11 is 8.03. The second-order valence-electron chi connectivity index (χ2n) is 8.04. The van der Waals surface area contributed by atoms with Crippen LogP contribution in [-0.2, 0) is 0 Å². The largest absolute Gasteiger partial charge is 0.356 e. The lowest BCUT2D eigenvalue weighted by molar-refractivity contribution is 0.102. The van der Waals surface area contributed by atoms with E-state index in [9.17, 15) is 4.79 Å². The van der Waals surface area contributed by atoms with E-state index in [2.05, 4.69) is 15.2 Å². The lowest BCUT2D eigenvalue weighted by atomic mass is 9.92. The van der Waals surface area contributed by atoms with E-state index in [4.69, 9.17) is 16.6 Å². The van der Waals surface area contributed by atoms with Gasteiger partial charge in [0.1, 0.15) is 5.82 Å². The third kappa shape index (κ3) is 4.38. The summed E-state index contributed by atoms with van der Waals surface area (Å²) in [6.45, 7) is 5.71. The molecule has 0 atom stereocenters. The van der Waals surface area contributed by atoms with Gasteiger partial charge in [0.05, 0.1) is 21.3 Å². The van der Waals surface area contributed by atoms with E-state index < -0.39 is 0 Å². The summed E-state index contributed by atoms with van der Waals surface area (Å²) in [6, 6.07) is 3.68. The first-order chi connectivity index (χ1) is 14.0. The normalized spacial score (nSPS) is 17.4. The van der Waals surface area contributed by atoms with Gasteiger partial charge in [-0.2, -0.15) is 0 Å². The Kier molecular flexibility index (Phi) is 6.02. The third-order valence-electron chi connectivity index (χ3n) is 6.08. The fraction of sp³-hybridized carbons (Fsp3) is 0.500. The fourth-order valence-electron chi connectivity index (χ4n) is 4.26. The number of aryl methyl sites for hydroxylation is 1. The zero-order chi connectivity index (χ0) is 20.5. The summed E-state index contributed by atoms with van der Waals surface area (Å²) in [4.78, 5) is 24.6. The highest BCUT2D eigenvalue weighted by atomic mass is 35.5. The summed E-state index contributed by atoms with van der Waals surface area (Å²) in [5.74, 6) is 2.35. The first-order valence-electron chi connectivity index (χ1n) is 10.2. The van der Waals surface area contributed by atoms with Gasteiger partial charge in [0.2, 0.25) is 0 Å². The van der Waals surface area contributed by atoms with Crippen molar-refractivity contribution in [2.75, 3.05) is 29.6 Å². The first kappa shape index (κ1) is 20.5. The van der Waals surface area contributed by atoms with Crippen LogP contribution in [0.5, 0.6) is 0 Å². The maximum absolute atomic E-state index is 13.3. The van der Waals surface area contributed by atoms with E-state index in [-0.39, 0.29) is 5.91 Å². The van der Waals surface area contributed by atoms with Crippen LogP contribution in [0, 0.1) is 25.7 Å². The summed E-state index contributed by atoms with van der Waals surface area (Å²) in [5.41, 5.74) is 2.86. The molecule has 0 bridgehead atoms. The molecule has 29 heavy (non-hydrogen) atoms. The number of rotatable bonds is 5. The van der Waals surface area contributed by atoms with Crippen LogP contribution in [-0.4, -0.2) is 35.2 Å². The van der Waals surface area contributed by atoms with E-state index in [0.29, 0.717) is 10.6 Å². The lowest BCUT2D eigenvalue weighted by Crippen LogP contribution is -2.36. The van der Waals surface area contributed by atoms with Gasteiger partial charge in [-0.1, -0.05) is 11.6 Å². The number of nitrogens with one attached hydrogen (secondary N) is 1. The number of piperidine rings is 1. The van der Waals surface area contributed by atoms with Crippen LogP contribution in [0.25, 0.3) is 0 Å². The molecule has 0 unspecified atom stereocenters. The Morgan fingerprint density at radius 2 is 1.90 bits per heavy atom. The Balaban J connectivity index is 1.62. The molecule has 0 spiro atoms. The highest BCUT2D eigenvalue weighted by Gasteiger charge is 2.35. The summed E-state index contributed by atoms with van der Waals surface area (Å²) in [6.07, 6.45) is 8.80. The topological polar surface area (TPSA) is 58.1 Å². The molecule has 7 heteroatoms. The van der Waals surface area contributed by atoms with Crippen molar-refractivity contribution < 1.29 is 4.79 Å². The van der Waals surface area contributed by atoms with Crippen LogP contribution >= 0.6 is 23.4 Å². The van der Waals surface area contributed by atoms with E-state index in [1.165, 1.54) is 25.7 Å². The van der Waals surface area contributed by atoms with Crippen molar-refractivity contribution in [3.05, 3.63) is 40.2 Å². The molecule has 1 amide bonds. The van der Waals surface area contributed by atoms with E-state index >= 15 is 0 Å². The monoisotopic (exact) mass is 430 g/mol. The van der Waals surface area contributed by atoms with Crippen molar-refractivity contribution in [1.82, 2.24) is 9.97 Å². The van der Waals surface area contributed by atoms with Crippen molar-refractivity contribution in [3.8, 4) is 0 Å². The minimum absolute atomic E-state index is 0.172. The summed E-state index contributed by atoms with van der Waals surface area (Å²) in [7, 11) is 0. The van der Waals surface area contributed by atoms with E-state index in [0.717, 1.165) is 52.7 Å². The van der Waals surface area contributed by atoms with Gasteiger partial charge in [-0.3, -0.25) is 4.79 Å². The molecule has 1 N–H and O–H groups in total. The van der Waals surface area contributed by atoms with Crippen molar-refractivity contribution in [2.45, 2.75) is 44.6 Å². The minimum Gasteiger partial charge on any atom is -0.356 e. The molecule has 3 heterocycles. The number of hydrogen-bond acceptors (Lipinski definition) is 5. The maximum atomic E-state index is 13.3. The van der Waals surface area contributed by atoms with Crippen LogP contribution in [0.15, 0.2) is 23.4 Å². The smallest absolute Gasteiger partial charge is 0.259 e. The van der Waals surface area contributed by atoms with Gasteiger partial charge in [0.15, 0.2) is 0 Å². The fourth-order valence-corrected chi connectivity index (χ4v) is 4.80. The van der Waals surface area contributed by atoms with Gasteiger partial charge in [-0.15, -0.1) is 11.8 Å². The molecule has 4 rings (SSSR count). The molecule has 5 nitrogen and oxygen atoms in total. The highest BCUT2D eigenvalue weighted by Crippen LogP contribution is 2.42. The minimum atomic E-state index is -0.172. The summed E-state index contributed by atoms with van der Waals surface area (Å²) < 4.78 is 0. The summed E-state index contributed by atoms with van der Waals surface area (Å²) in [5, 5.41) is 4.44. The Labute approximate surface area is 181 Å². The number of carbonyl (C=O) groups excluding carboxylic acids is 1. The molecule has 0 radical (unpaired) electrons. The zero-order valence-corrected chi connectivity index (χ0v) is 18.7. The number of carbonyl (C=O) groups is 1. The number of pyridine rings is 2. The predicted molar refractivity (Wildman–Crippen MR) is 120 cm³/mol. The third-order valence-corrected chi connectivity index (χ3v) is 7.27. The van der Waals surface area contributed by atoms with Crippen molar-refractivity contribution >= 4 is 40.8 Å². The second-order valence-corrected chi connectivity index (χ2v) is 9.24. The Hall–Kier alpha value is -1.79. The predicted octanol–water partition coefficient (Wildman–Crippen LogP) is 5.35. The average molecular weight is 431 g/mol. The van der Waals surface area contributed by atoms with Crippen LogP contribution in [0.3, 0.4) is 0 Å². The Morgan fingerprint density at radius 3 is 2.55 bits per heavy atom. The van der Waals surface area contributed by atoms with Crippen molar-refractivity contribution in [3.63, 3.8) is 0 Å². The molecule has 154 valence electrons. The number of nitrogens with zero attached hydrogens (tertiary/aromatic N) is 3. The van der Waals surface area contributed by atoms with Crippen LogP contribution in [0.2, 0.25) is 5.02 Å². The quantitative estimate of drug-likeness (QED) is 0.648. The number of aromatic nitrogens is 2. The SMILES string of the molecule is CSc1cc(NC(=O)c2c(N3CCC(C4CC4)CC3)nc(C)c(Cl)c2C)ccn1. The van der Waals surface area contributed by atoms with E-state index in [1.54, 1.807) is 24.0 Å². The van der Waals surface area contributed by atoms with Crippen LogP contribution in [0.4, 0.5) is 11.5 Å². The molecule has 0 aromatic carbocycles. The van der Waals surface area contributed by atoms with E-state index in [1.807, 2.05) is 26.2 Å². The van der Waals surface area contributed by atoms with Crippen molar-refractivity contribution in [2.24, 2.45) is 11.8 Å². The molecule has 2 aromatic rings. The molecule has 2 fully saturated rings. The highest BCUT2D eigenvalue weighted by molar-refractivity contribution is 7.98. The van der Waals surface area contributed by atoms with Gasteiger partial charge < -0.3 is 10.2 Å². The second kappa shape index (κ2) is 8.52. The molecule has 1 aliphatic heterocycles. The molecule has 2 aromatic heterocycles. The molecular weight excluding hydrogens is 404 g/mol. The van der Waals surface area contributed by atoms with Crippen LogP contribution < -0.4 is 10.2 Å². The van der Waals surface area contributed by atoms with Gasteiger partial charge in [0.25, 0.3) is 5.91 Å². The molecule has 1 saturated carbocycles. The number of halogens is 1. The number of hydrogen-bond donors (Lipinski definition) is 1. The van der Waals surface area contributed by atoms with Gasteiger partial charge in [-0.05, 0) is 75.3 Å². The van der Waals surface area contributed by atoms with Crippen molar-refractivity contribution in [1.29, 1.82) is 0 Å². The van der Waals surface area contributed by atoms with Gasteiger partial charge in [0, 0.05) is 25.0 Å². The standard InChI is InChI=1S/C22H27ClN4OS/c1-13-19(22(28)26-17-6-9-24-18(12-17)29-3)21(25-14(2)20(13)23)27-10-7-16(8-11-27)15-4-5-15/h6,9,12,15-16H,4-5,7-8,10-11H2,1-3H3,(H,24,26,28). The first-order valence-corrected chi connectivity index (χ1v) is 11.8. The molecule has 2 aliphatic rings. The average Bonchev–Trinajstić information content (AvgIpc) is 3.57. The molecular formula is C22H27ClN4OS. The maximum Gasteiger partial charge on any atom is 0.259 e. The van der Waals surface area contributed by atoms with Gasteiger partial charge in [-0.25, -0.2) is 9.97 Å². The van der Waals surface area contributed by atoms with Gasteiger partial charge >= 0.3 is 0 Å². The lowest BCUT2D eigenvalue weighted by Gasteiger charge is -2.34.